The van der Waals surface area contributed by atoms with E-state index in [1.807, 2.05) is 6.92 Å². The largest absolute Gasteiger partial charge is 0.364 e. The maximum atomic E-state index is 13.1. The molecule has 0 spiro atoms. The fourth-order valence-electron chi connectivity index (χ4n) is 1.83. The number of thiocarbonyl (C=S) groups is 1. The van der Waals surface area contributed by atoms with Crippen LogP contribution in [0, 0.1) is 5.82 Å². The highest BCUT2D eigenvalue weighted by Crippen LogP contribution is 2.16. The van der Waals surface area contributed by atoms with E-state index in [4.69, 9.17) is 18.0 Å². The van der Waals surface area contributed by atoms with Gasteiger partial charge in [-0.25, -0.2) is 4.39 Å². The molecule has 1 heterocycles. The molecule has 0 bridgehead atoms. The predicted molar refractivity (Wildman–Crippen MR) is 82.7 cm³/mol. The van der Waals surface area contributed by atoms with Crippen LogP contribution in [0.4, 0.5) is 15.8 Å². The van der Waals surface area contributed by atoms with Gasteiger partial charge in [-0.2, -0.15) is 5.10 Å². The lowest BCUT2D eigenvalue weighted by Crippen LogP contribution is -2.23. The van der Waals surface area contributed by atoms with Gasteiger partial charge in [0.1, 0.15) is 11.5 Å². The van der Waals surface area contributed by atoms with Crippen molar-refractivity contribution in [1.29, 1.82) is 0 Å². The van der Waals surface area contributed by atoms with Crippen LogP contribution in [0.1, 0.15) is 17.4 Å². The van der Waals surface area contributed by atoms with E-state index in [0.717, 1.165) is 0 Å². The van der Waals surface area contributed by atoms with Gasteiger partial charge in [0.05, 0.1) is 11.9 Å². The Morgan fingerprint density at radius 3 is 2.86 bits per heavy atom. The monoisotopic (exact) mass is 307 g/mol. The summed E-state index contributed by atoms with van der Waals surface area (Å²) >= 11 is 5.12. The number of benzene rings is 1. The van der Waals surface area contributed by atoms with Crippen molar-refractivity contribution in [3.63, 3.8) is 0 Å². The van der Waals surface area contributed by atoms with E-state index in [2.05, 4.69) is 15.7 Å². The molecular formula is C13H14FN5OS. The molecule has 0 saturated heterocycles. The fraction of sp³-hybridized carbons (Fsp3) is 0.154. The van der Waals surface area contributed by atoms with Gasteiger partial charge in [0.25, 0.3) is 5.91 Å². The van der Waals surface area contributed by atoms with Gasteiger partial charge in [-0.15, -0.1) is 0 Å². The van der Waals surface area contributed by atoms with E-state index in [0.29, 0.717) is 17.9 Å². The number of hydrogen-bond donors (Lipinski definition) is 3. The Balaban J connectivity index is 2.13. The Hall–Kier alpha value is -2.48. The van der Waals surface area contributed by atoms with Crippen molar-refractivity contribution in [3.8, 4) is 0 Å². The molecule has 1 amide bonds. The quantitative estimate of drug-likeness (QED) is 0.752. The average molecular weight is 307 g/mol. The van der Waals surface area contributed by atoms with Crippen LogP contribution in [0.15, 0.2) is 30.5 Å². The van der Waals surface area contributed by atoms with Crippen LogP contribution in [-0.2, 0) is 6.54 Å². The number of rotatable bonds is 4. The SMILES string of the molecule is CCn1ncc(NC(=S)Nc2cccc(F)c2)c1C(N)=O. The zero-order valence-corrected chi connectivity index (χ0v) is 12.1. The van der Waals surface area contributed by atoms with Crippen LogP contribution in [0.2, 0.25) is 0 Å². The Labute approximate surface area is 126 Å². The molecule has 1 aromatic carbocycles. The molecule has 0 unspecified atom stereocenters. The van der Waals surface area contributed by atoms with Gasteiger partial charge >= 0.3 is 0 Å². The van der Waals surface area contributed by atoms with Crippen molar-refractivity contribution < 1.29 is 9.18 Å². The minimum atomic E-state index is -0.606. The summed E-state index contributed by atoms with van der Waals surface area (Å²) in [6.45, 7) is 2.34. The fourth-order valence-corrected chi connectivity index (χ4v) is 2.06. The van der Waals surface area contributed by atoms with E-state index in [1.54, 1.807) is 12.1 Å². The number of nitrogens with zero attached hydrogens (tertiary/aromatic N) is 2. The lowest BCUT2D eigenvalue weighted by Gasteiger charge is -2.10. The van der Waals surface area contributed by atoms with Crippen molar-refractivity contribution in [2.75, 3.05) is 10.6 Å². The minimum absolute atomic E-state index is 0.207. The molecule has 0 aliphatic carbocycles. The third-order valence-electron chi connectivity index (χ3n) is 2.70. The number of hydrogen-bond acceptors (Lipinski definition) is 3. The summed E-state index contributed by atoms with van der Waals surface area (Å²) in [4.78, 5) is 11.5. The third kappa shape index (κ3) is 3.54. The maximum absolute atomic E-state index is 13.1. The number of anilines is 2. The Morgan fingerprint density at radius 1 is 1.48 bits per heavy atom. The zero-order valence-electron chi connectivity index (χ0n) is 11.3. The highest BCUT2D eigenvalue weighted by molar-refractivity contribution is 7.80. The summed E-state index contributed by atoms with van der Waals surface area (Å²) in [5.74, 6) is -0.982. The Bertz CT molecular complexity index is 685. The van der Waals surface area contributed by atoms with Crippen molar-refractivity contribution in [3.05, 3.63) is 42.0 Å². The van der Waals surface area contributed by atoms with Crippen LogP contribution in [0.25, 0.3) is 0 Å². The zero-order chi connectivity index (χ0) is 15.4. The van der Waals surface area contributed by atoms with Crippen LogP contribution in [0.3, 0.4) is 0 Å². The van der Waals surface area contributed by atoms with Crippen LogP contribution < -0.4 is 16.4 Å². The Kier molecular flexibility index (Phi) is 4.49. The lowest BCUT2D eigenvalue weighted by molar-refractivity contribution is 0.0991. The number of aromatic nitrogens is 2. The number of carbonyl (C=O) groups is 1. The number of nitrogens with one attached hydrogen (secondary N) is 2. The molecule has 0 radical (unpaired) electrons. The number of amides is 1. The van der Waals surface area contributed by atoms with Gasteiger partial charge in [-0.05, 0) is 37.3 Å². The van der Waals surface area contributed by atoms with Crippen molar-refractivity contribution in [2.45, 2.75) is 13.5 Å². The lowest BCUT2D eigenvalue weighted by atomic mass is 10.3. The second-order valence-corrected chi connectivity index (χ2v) is 4.58. The molecular weight excluding hydrogens is 293 g/mol. The molecule has 0 aliphatic rings. The summed E-state index contributed by atoms with van der Waals surface area (Å²) in [5.41, 5.74) is 6.46. The molecule has 0 saturated carbocycles. The normalized spacial score (nSPS) is 10.2. The number of nitrogens with two attached hydrogens (primary N) is 1. The standard InChI is InChI=1S/C13H14FN5OS/c1-2-19-11(12(15)20)10(7-16-19)18-13(21)17-9-5-3-4-8(14)6-9/h3-7H,2H2,1H3,(H2,15,20)(H2,17,18,21). The molecule has 6 nitrogen and oxygen atoms in total. The number of aryl methyl sites for hydroxylation is 1. The Morgan fingerprint density at radius 2 is 2.24 bits per heavy atom. The first kappa shape index (κ1) is 14.9. The molecule has 8 heteroatoms. The topological polar surface area (TPSA) is 85.0 Å². The van der Waals surface area contributed by atoms with E-state index in [9.17, 15) is 9.18 Å². The first-order valence-corrected chi connectivity index (χ1v) is 6.61. The smallest absolute Gasteiger partial charge is 0.269 e. The van der Waals surface area contributed by atoms with Crippen molar-refractivity contribution in [2.24, 2.45) is 5.73 Å². The third-order valence-corrected chi connectivity index (χ3v) is 2.91. The van der Waals surface area contributed by atoms with Gasteiger partial charge in [0.15, 0.2) is 5.11 Å². The first-order chi connectivity index (χ1) is 10.0. The molecule has 1 aromatic heterocycles. The molecule has 0 atom stereocenters. The second-order valence-electron chi connectivity index (χ2n) is 4.18. The van der Waals surface area contributed by atoms with E-state index in [1.165, 1.54) is 23.0 Å². The molecule has 2 aromatic rings. The van der Waals surface area contributed by atoms with Crippen LogP contribution in [-0.4, -0.2) is 20.8 Å². The summed E-state index contributed by atoms with van der Waals surface area (Å²) < 4.78 is 14.6. The van der Waals surface area contributed by atoms with Gasteiger partial charge in [0.2, 0.25) is 0 Å². The summed E-state index contributed by atoms with van der Waals surface area (Å²) in [6.07, 6.45) is 1.46. The predicted octanol–water partition coefficient (Wildman–Crippen LogP) is 1.95. The minimum Gasteiger partial charge on any atom is -0.364 e. The van der Waals surface area contributed by atoms with Gasteiger partial charge in [0, 0.05) is 12.2 Å². The van der Waals surface area contributed by atoms with E-state index >= 15 is 0 Å². The molecule has 0 aliphatic heterocycles. The summed E-state index contributed by atoms with van der Waals surface area (Å²) in [5, 5.41) is 9.89. The highest BCUT2D eigenvalue weighted by Gasteiger charge is 2.16. The number of halogens is 1. The number of carbonyl (C=O) groups excluding carboxylic acids is 1. The highest BCUT2D eigenvalue weighted by atomic mass is 32.1. The molecule has 0 fully saturated rings. The van der Waals surface area contributed by atoms with Crippen molar-refractivity contribution in [1.82, 2.24) is 9.78 Å². The first-order valence-electron chi connectivity index (χ1n) is 6.20. The molecule has 110 valence electrons. The van der Waals surface area contributed by atoms with Crippen LogP contribution >= 0.6 is 12.2 Å². The van der Waals surface area contributed by atoms with Gasteiger partial charge in [-0.3, -0.25) is 9.48 Å². The summed E-state index contributed by atoms with van der Waals surface area (Å²) in [6, 6.07) is 5.86. The molecule has 2 rings (SSSR count). The van der Waals surface area contributed by atoms with E-state index in [-0.39, 0.29) is 16.6 Å². The maximum Gasteiger partial charge on any atom is 0.269 e. The molecule has 4 N–H and O–H groups in total. The summed E-state index contributed by atoms with van der Waals surface area (Å²) in [7, 11) is 0. The van der Waals surface area contributed by atoms with Gasteiger partial charge in [-0.1, -0.05) is 6.07 Å². The van der Waals surface area contributed by atoms with E-state index < -0.39 is 5.91 Å². The molecule has 21 heavy (non-hydrogen) atoms. The van der Waals surface area contributed by atoms with Crippen molar-refractivity contribution >= 4 is 34.6 Å². The van der Waals surface area contributed by atoms with Gasteiger partial charge < -0.3 is 16.4 Å². The average Bonchev–Trinajstić information content (AvgIpc) is 2.81. The number of primary amides is 1. The second kappa shape index (κ2) is 6.31. The van der Waals surface area contributed by atoms with Crippen LogP contribution in [0.5, 0.6) is 0 Å².